The minimum atomic E-state index is -0.389. The second kappa shape index (κ2) is 6.05. The van der Waals surface area contributed by atoms with Crippen LogP contribution in [-0.2, 0) is 6.54 Å². The van der Waals surface area contributed by atoms with E-state index in [4.69, 9.17) is 16.7 Å². The molecule has 1 aromatic rings. The highest BCUT2D eigenvalue weighted by Gasteiger charge is 2.08. The molecular weight excluding hydrogens is 217 g/mol. The van der Waals surface area contributed by atoms with Gasteiger partial charge in [0.25, 0.3) is 0 Å². The summed E-state index contributed by atoms with van der Waals surface area (Å²) in [6.45, 7) is 2.40. The molecule has 0 aliphatic heterocycles. The van der Waals surface area contributed by atoms with Gasteiger partial charge in [-0.2, -0.15) is 0 Å². The molecule has 4 heteroatoms. The third-order valence-corrected chi connectivity index (χ3v) is 2.62. The van der Waals surface area contributed by atoms with Crippen LogP contribution in [0.1, 0.15) is 18.9 Å². The lowest BCUT2D eigenvalue weighted by atomic mass is 10.2. The fourth-order valence-corrected chi connectivity index (χ4v) is 1.47. The van der Waals surface area contributed by atoms with Crippen LogP contribution in [-0.4, -0.2) is 17.8 Å². The smallest absolute Gasteiger partial charge is 0.146 e. The number of aliphatic hydroxyl groups excluding tert-OH is 1. The van der Waals surface area contributed by atoms with Gasteiger partial charge in [-0.25, -0.2) is 4.39 Å². The zero-order chi connectivity index (χ0) is 11.3. The standard InChI is InChI=1S/C11H15ClFNO/c1-2-9(7-15)14-6-8-4-3-5-10(12)11(8)13/h3-5,9,14-15H,2,6-7H2,1H3/t9-/m1/s1. The summed E-state index contributed by atoms with van der Waals surface area (Å²) in [6.07, 6.45) is 0.804. The van der Waals surface area contributed by atoms with Crippen LogP contribution < -0.4 is 5.32 Å². The molecule has 0 saturated heterocycles. The number of rotatable bonds is 5. The van der Waals surface area contributed by atoms with Crippen LogP contribution in [0.2, 0.25) is 5.02 Å². The molecule has 0 spiro atoms. The van der Waals surface area contributed by atoms with Gasteiger partial charge in [0.2, 0.25) is 0 Å². The van der Waals surface area contributed by atoms with Gasteiger partial charge in [0.05, 0.1) is 11.6 Å². The second-order valence-corrected chi connectivity index (χ2v) is 3.79. The van der Waals surface area contributed by atoms with E-state index in [0.29, 0.717) is 12.1 Å². The summed E-state index contributed by atoms with van der Waals surface area (Å²) in [5, 5.41) is 12.1. The van der Waals surface area contributed by atoms with Crippen molar-refractivity contribution < 1.29 is 9.50 Å². The molecule has 0 radical (unpaired) electrons. The van der Waals surface area contributed by atoms with Gasteiger partial charge in [0, 0.05) is 18.2 Å². The summed E-state index contributed by atoms with van der Waals surface area (Å²) < 4.78 is 13.4. The Morgan fingerprint density at radius 2 is 2.27 bits per heavy atom. The van der Waals surface area contributed by atoms with Gasteiger partial charge < -0.3 is 10.4 Å². The van der Waals surface area contributed by atoms with Gasteiger partial charge in [-0.05, 0) is 12.5 Å². The minimum Gasteiger partial charge on any atom is -0.395 e. The highest BCUT2D eigenvalue weighted by molar-refractivity contribution is 6.30. The van der Waals surface area contributed by atoms with Crippen molar-refractivity contribution in [2.45, 2.75) is 25.9 Å². The topological polar surface area (TPSA) is 32.3 Å². The van der Waals surface area contributed by atoms with E-state index in [9.17, 15) is 4.39 Å². The van der Waals surface area contributed by atoms with E-state index >= 15 is 0 Å². The molecule has 0 unspecified atom stereocenters. The van der Waals surface area contributed by atoms with Crippen LogP contribution in [0.25, 0.3) is 0 Å². The number of aliphatic hydroxyl groups is 1. The maximum atomic E-state index is 13.4. The molecule has 1 aromatic carbocycles. The Morgan fingerprint density at radius 3 is 2.87 bits per heavy atom. The van der Waals surface area contributed by atoms with E-state index in [2.05, 4.69) is 5.32 Å². The average molecular weight is 232 g/mol. The summed E-state index contributed by atoms with van der Waals surface area (Å²) in [5.74, 6) is -0.389. The molecule has 2 N–H and O–H groups in total. The molecule has 2 nitrogen and oxygen atoms in total. The van der Waals surface area contributed by atoms with E-state index in [1.54, 1.807) is 12.1 Å². The molecule has 0 saturated carbocycles. The Morgan fingerprint density at radius 1 is 1.53 bits per heavy atom. The highest BCUT2D eigenvalue weighted by Crippen LogP contribution is 2.17. The van der Waals surface area contributed by atoms with Gasteiger partial charge in [0.15, 0.2) is 0 Å². The number of halogens is 2. The second-order valence-electron chi connectivity index (χ2n) is 3.38. The molecule has 15 heavy (non-hydrogen) atoms. The van der Waals surface area contributed by atoms with Gasteiger partial charge >= 0.3 is 0 Å². The van der Waals surface area contributed by atoms with E-state index in [-0.39, 0.29) is 23.5 Å². The van der Waals surface area contributed by atoms with Crippen molar-refractivity contribution in [2.24, 2.45) is 0 Å². The average Bonchev–Trinajstić information content (AvgIpc) is 2.25. The lowest BCUT2D eigenvalue weighted by Gasteiger charge is -2.14. The molecule has 0 aliphatic rings. The lowest BCUT2D eigenvalue weighted by molar-refractivity contribution is 0.238. The van der Waals surface area contributed by atoms with Crippen molar-refractivity contribution in [1.82, 2.24) is 5.32 Å². The van der Waals surface area contributed by atoms with Gasteiger partial charge in [0.1, 0.15) is 5.82 Å². The molecular formula is C11H15ClFNO. The fraction of sp³-hybridized carbons (Fsp3) is 0.455. The maximum absolute atomic E-state index is 13.4. The van der Waals surface area contributed by atoms with Crippen LogP contribution >= 0.6 is 11.6 Å². The zero-order valence-corrected chi connectivity index (χ0v) is 9.39. The Bertz CT molecular complexity index is 315. The molecule has 0 fully saturated rings. The minimum absolute atomic E-state index is 0.00313. The molecule has 0 aromatic heterocycles. The normalized spacial score (nSPS) is 12.8. The number of benzene rings is 1. The first-order valence-electron chi connectivity index (χ1n) is 4.96. The summed E-state index contributed by atoms with van der Waals surface area (Å²) in [7, 11) is 0. The van der Waals surface area contributed by atoms with Crippen molar-refractivity contribution in [3.05, 3.63) is 34.6 Å². The molecule has 0 amide bonds. The maximum Gasteiger partial charge on any atom is 0.146 e. The van der Waals surface area contributed by atoms with Crippen molar-refractivity contribution >= 4 is 11.6 Å². The van der Waals surface area contributed by atoms with E-state index in [1.807, 2.05) is 6.92 Å². The van der Waals surface area contributed by atoms with Crippen molar-refractivity contribution in [3.8, 4) is 0 Å². The summed E-state index contributed by atoms with van der Waals surface area (Å²) in [4.78, 5) is 0. The van der Waals surface area contributed by atoms with Crippen LogP contribution in [0.5, 0.6) is 0 Å². The van der Waals surface area contributed by atoms with Crippen LogP contribution in [0.3, 0.4) is 0 Å². The van der Waals surface area contributed by atoms with Gasteiger partial charge in [-0.3, -0.25) is 0 Å². The first-order valence-corrected chi connectivity index (χ1v) is 5.34. The fourth-order valence-electron chi connectivity index (χ4n) is 1.28. The molecule has 1 atom stereocenters. The SMILES string of the molecule is CC[C@H](CO)NCc1cccc(Cl)c1F. The van der Waals surface area contributed by atoms with E-state index in [0.717, 1.165) is 6.42 Å². The van der Waals surface area contributed by atoms with Crippen molar-refractivity contribution in [3.63, 3.8) is 0 Å². The van der Waals surface area contributed by atoms with E-state index in [1.165, 1.54) is 6.07 Å². The Kier molecular flexibility index (Phi) is 5.02. The predicted molar refractivity (Wildman–Crippen MR) is 59.4 cm³/mol. The molecule has 1 rings (SSSR count). The zero-order valence-electron chi connectivity index (χ0n) is 8.63. The van der Waals surface area contributed by atoms with E-state index < -0.39 is 0 Å². The number of hydrogen-bond acceptors (Lipinski definition) is 2. The first-order chi connectivity index (χ1) is 7.19. The number of hydrogen-bond donors (Lipinski definition) is 2. The molecule has 0 heterocycles. The van der Waals surface area contributed by atoms with Crippen molar-refractivity contribution in [2.75, 3.05) is 6.61 Å². The summed E-state index contributed by atoms with van der Waals surface area (Å²) in [5.41, 5.74) is 0.523. The third kappa shape index (κ3) is 3.45. The Balaban J connectivity index is 2.61. The quantitative estimate of drug-likeness (QED) is 0.815. The Labute approximate surface area is 94.1 Å². The highest BCUT2D eigenvalue weighted by atomic mass is 35.5. The Hall–Kier alpha value is -0.640. The lowest BCUT2D eigenvalue weighted by Crippen LogP contribution is -2.31. The molecule has 84 valence electrons. The van der Waals surface area contributed by atoms with Crippen LogP contribution in [0.4, 0.5) is 4.39 Å². The summed E-state index contributed by atoms with van der Waals surface area (Å²) in [6, 6.07) is 4.91. The van der Waals surface area contributed by atoms with Crippen LogP contribution in [0.15, 0.2) is 18.2 Å². The van der Waals surface area contributed by atoms with Crippen molar-refractivity contribution in [1.29, 1.82) is 0 Å². The first kappa shape index (κ1) is 12.4. The third-order valence-electron chi connectivity index (χ3n) is 2.33. The molecule has 0 bridgehead atoms. The summed E-state index contributed by atoms with van der Waals surface area (Å²) >= 11 is 5.64. The van der Waals surface area contributed by atoms with Crippen LogP contribution in [0, 0.1) is 5.82 Å². The monoisotopic (exact) mass is 231 g/mol. The predicted octanol–water partition coefficient (Wildman–Crippen LogP) is 2.34. The largest absolute Gasteiger partial charge is 0.395 e. The van der Waals surface area contributed by atoms with Gasteiger partial charge in [-0.15, -0.1) is 0 Å². The van der Waals surface area contributed by atoms with Gasteiger partial charge in [-0.1, -0.05) is 30.7 Å². The molecule has 0 aliphatic carbocycles. The number of nitrogens with one attached hydrogen (secondary N) is 1.